The lowest BCUT2D eigenvalue weighted by Gasteiger charge is -2.32. The monoisotopic (exact) mass is 388 g/mol. The van der Waals surface area contributed by atoms with Gasteiger partial charge in [-0.2, -0.15) is 0 Å². The fourth-order valence-electron chi connectivity index (χ4n) is 3.89. The van der Waals surface area contributed by atoms with Crippen LogP contribution in [0.15, 0.2) is 42.3 Å². The van der Waals surface area contributed by atoms with Crippen molar-refractivity contribution in [3.63, 3.8) is 0 Å². The van der Waals surface area contributed by atoms with Gasteiger partial charge in [-0.1, -0.05) is 30.2 Å². The van der Waals surface area contributed by atoms with Gasteiger partial charge < -0.3 is 9.47 Å². The Balaban J connectivity index is 1.51. The van der Waals surface area contributed by atoms with E-state index in [1.54, 1.807) is 0 Å². The summed E-state index contributed by atoms with van der Waals surface area (Å²) in [5.74, 6) is -0.531. The first-order valence-electron chi connectivity index (χ1n) is 13.9. The first-order valence-corrected chi connectivity index (χ1v) is 9.40. The maximum Gasteiger partial charge on any atom is 0.166 e. The molecule has 0 bridgehead atoms. The number of Topliss-reactive ketones (excluding diaryl/α,β-unsaturated/α-hetero) is 1. The van der Waals surface area contributed by atoms with Crippen molar-refractivity contribution in [1.29, 1.82) is 0 Å². The van der Waals surface area contributed by atoms with Crippen LogP contribution in [-0.2, 0) is 12.9 Å². The van der Waals surface area contributed by atoms with Crippen LogP contribution >= 0.6 is 0 Å². The van der Waals surface area contributed by atoms with Crippen molar-refractivity contribution in [3.05, 3.63) is 59.0 Å². The van der Waals surface area contributed by atoms with Crippen LogP contribution in [0.1, 0.15) is 53.1 Å². The second kappa shape index (κ2) is 8.36. The van der Waals surface area contributed by atoms with E-state index >= 15 is 0 Å². The maximum absolute atomic E-state index is 13.2. The summed E-state index contributed by atoms with van der Waals surface area (Å²) in [4.78, 5) is 14.7. The summed E-state index contributed by atoms with van der Waals surface area (Å²) in [5, 5.41) is 0. The number of benzene rings is 2. The van der Waals surface area contributed by atoms with Gasteiger partial charge in [-0.15, -0.1) is 0 Å². The zero-order valence-electron chi connectivity index (χ0n) is 25.0. The van der Waals surface area contributed by atoms with E-state index in [2.05, 4.69) is 0 Å². The number of carbonyl (C=O) groups excluding carboxylic acids is 1. The molecule has 0 N–H and O–H groups in total. The van der Waals surface area contributed by atoms with Crippen molar-refractivity contribution in [2.24, 2.45) is 11.8 Å². The second-order valence-electron chi connectivity index (χ2n) is 7.09. The largest absolute Gasteiger partial charge is 0.493 e. The lowest BCUT2D eigenvalue weighted by atomic mass is 9.85. The summed E-state index contributed by atoms with van der Waals surface area (Å²) < 4.78 is 85.1. The van der Waals surface area contributed by atoms with Gasteiger partial charge in [-0.3, -0.25) is 9.69 Å². The number of ether oxygens (including phenoxy) is 2. The van der Waals surface area contributed by atoms with Crippen molar-refractivity contribution in [2.75, 3.05) is 27.3 Å². The average molecular weight is 389 g/mol. The number of rotatable bonds is 6. The Morgan fingerprint density at radius 1 is 1.14 bits per heavy atom. The van der Waals surface area contributed by atoms with E-state index < -0.39 is 54.6 Å². The molecule has 1 aliphatic heterocycles. The molecule has 1 saturated heterocycles. The van der Waals surface area contributed by atoms with E-state index in [9.17, 15) is 4.79 Å². The highest BCUT2D eigenvalue weighted by Gasteiger charge is 2.34. The molecule has 0 aromatic heterocycles. The van der Waals surface area contributed by atoms with Crippen LogP contribution in [0.4, 0.5) is 0 Å². The molecule has 28 heavy (non-hydrogen) atoms. The Bertz CT molecular complexity index is 1210. The van der Waals surface area contributed by atoms with Gasteiger partial charge in [0.1, 0.15) is 0 Å². The smallest absolute Gasteiger partial charge is 0.166 e. The normalized spacial score (nSPS) is 27.1. The molecule has 0 spiro atoms. The van der Waals surface area contributed by atoms with Crippen molar-refractivity contribution in [3.8, 4) is 11.5 Å². The third kappa shape index (κ3) is 3.93. The van der Waals surface area contributed by atoms with Gasteiger partial charge in [0.05, 0.1) is 21.1 Å². The van der Waals surface area contributed by atoms with Gasteiger partial charge in [0.2, 0.25) is 0 Å². The van der Waals surface area contributed by atoms with Crippen LogP contribution in [0.25, 0.3) is 0 Å². The molecular formula is C24H29NO3. The van der Waals surface area contributed by atoms with Gasteiger partial charge in [0.25, 0.3) is 0 Å². The molecule has 2 aromatic rings. The molecule has 0 amide bonds. The van der Waals surface area contributed by atoms with Crippen molar-refractivity contribution >= 4 is 5.78 Å². The Hall–Kier alpha value is -2.33. The SMILES string of the molecule is [2H]c1c([2H])c([2H])c(C([2H])([2H])N2CCC(CC3C(=O)c4cc(OC)c(OC)cc4C3([2H])[2H])CC2)c([2H])c1[2H]. The van der Waals surface area contributed by atoms with E-state index in [1.165, 1.54) is 31.3 Å². The number of fused-ring (bicyclic) bond motifs is 1. The van der Waals surface area contributed by atoms with E-state index in [0.29, 0.717) is 24.3 Å². The fraction of sp³-hybridized carbons (Fsp3) is 0.458. The van der Waals surface area contributed by atoms with Crippen LogP contribution in [0.2, 0.25) is 0 Å². The standard InChI is InChI=1S/C24H29NO3/c1-27-22-14-19-13-20(24(26)21(19)15-23(22)28-2)12-17-8-10-25(11-9-17)16-18-6-4-3-5-7-18/h3-7,14-15,17,20H,8-13,16H2,1-2H3/i3D,4D,5D,6D,7D,13D2,16D2. The van der Waals surface area contributed by atoms with Gasteiger partial charge >= 0.3 is 0 Å². The summed E-state index contributed by atoms with van der Waals surface area (Å²) in [6.45, 7) is -1.82. The minimum atomic E-state index is -2.29. The zero-order chi connectivity index (χ0) is 27.4. The molecular weight excluding hydrogens is 350 g/mol. The predicted molar refractivity (Wildman–Crippen MR) is 110 cm³/mol. The highest BCUT2D eigenvalue weighted by atomic mass is 16.5. The third-order valence-electron chi connectivity index (χ3n) is 5.39. The van der Waals surface area contributed by atoms with Crippen molar-refractivity contribution in [2.45, 2.75) is 32.1 Å². The molecule has 1 atom stereocenters. The molecule has 1 unspecified atom stereocenters. The summed E-state index contributed by atoms with van der Waals surface area (Å²) in [7, 11) is 2.90. The van der Waals surface area contributed by atoms with Gasteiger partial charge in [-0.05, 0) is 67.9 Å². The highest BCUT2D eigenvalue weighted by Crippen LogP contribution is 2.39. The van der Waals surface area contributed by atoms with Crippen molar-refractivity contribution < 1.29 is 26.6 Å². The molecule has 2 aliphatic rings. The Morgan fingerprint density at radius 2 is 1.82 bits per heavy atom. The topological polar surface area (TPSA) is 38.8 Å². The molecule has 1 aliphatic carbocycles. The molecule has 1 fully saturated rings. The lowest BCUT2D eigenvalue weighted by molar-refractivity contribution is 0.0895. The average Bonchev–Trinajstić information content (AvgIpc) is 3.05. The number of nitrogens with zero attached hydrogens (tertiary/aromatic N) is 1. The summed E-state index contributed by atoms with van der Waals surface area (Å²) in [6.07, 6.45) is -0.663. The number of ketones is 1. The number of piperidine rings is 1. The number of hydrogen-bond donors (Lipinski definition) is 0. The van der Waals surface area contributed by atoms with Gasteiger partial charge in [-0.25, -0.2) is 0 Å². The Kier molecular flexibility index (Phi) is 3.29. The van der Waals surface area contributed by atoms with E-state index in [-0.39, 0.29) is 42.3 Å². The second-order valence-corrected chi connectivity index (χ2v) is 7.09. The van der Waals surface area contributed by atoms with Crippen LogP contribution in [0, 0.1) is 11.8 Å². The Labute approximate surface area is 180 Å². The molecule has 148 valence electrons. The number of methoxy groups -OCH3 is 2. The Morgan fingerprint density at radius 3 is 2.50 bits per heavy atom. The van der Waals surface area contributed by atoms with E-state index in [1.807, 2.05) is 0 Å². The molecule has 2 aromatic carbocycles. The molecule has 0 saturated carbocycles. The van der Waals surface area contributed by atoms with Crippen LogP contribution in [0.3, 0.4) is 0 Å². The fourth-order valence-corrected chi connectivity index (χ4v) is 3.89. The first-order chi connectivity index (χ1) is 17.3. The quantitative estimate of drug-likeness (QED) is 0.737. The van der Waals surface area contributed by atoms with Crippen molar-refractivity contribution in [1.82, 2.24) is 4.90 Å². The van der Waals surface area contributed by atoms with Crippen LogP contribution in [-0.4, -0.2) is 38.0 Å². The zero-order valence-corrected chi connectivity index (χ0v) is 16.0. The lowest BCUT2D eigenvalue weighted by Crippen LogP contribution is -2.34. The molecule has 1 heterocycles. The summed E-state index contributed by atoms with van der Waals surface area (Å²) in [5.41, 5.74) is 0.162. The minimum Gasteiger partial charge on any atom is -0.493 e. The van der Waals surface area contributed by atoms with E-state index in [0.717, 1.165) is 0 Å². The summed E-state index contributed by atoms with van der Waals surface area (Å²) >= 11 is 0. The minimum absolute atomic E-state index is 0.0470. The summed E-state index contributed by atoms with van der Waals surface area (Å²) in [6, 6.07) is 0.182. The maximum atomic E-state index is 13.2. The van der Waals surface area contributed by atoms with Gasteiger partial charge in [0, 0.05) is 23.5 Å². The molecule has 4 nitrogen and oxygen atoms in total. The first kappa shape index (κ1) is 11.0. The van der Waals surface area contributed by atoms with Gasteiger partial charge in [0.15, 0.2) is 17.3 Å². The molecule has 0 radical (unpaired) electrons. The number of hydrogen-bond acceptors (Lipinski definition) is 4. The van der Waals surface area contributed by atoms with Crippen LogP contribution < -0.4 is 9.47 Å². The number of likely N-dealkylation sites (tertiary alicyclic amines) is 1. The van der Waals surface area contributed by atoms with Crippen LogP contribution in [0.5, 0.6) is 11.5 Å². The predicted octanol–water partition coefficient (Wildman–Crippen LogP) is 4.36. The van der Waals surface area contributed by atoms with E-state index in [4.69, 9.17) is 21.8 Å². The molecule has 4 heteroatoms. The highest BCUT2D eigenvalue weighted by molar-refractivity contribution is 6.02. The number of carbonyl (C=O) groups is 1. The third-order valence-corrected chi connectivity index (χ3v) is 5.39. The molecule has 4 rings (SSSR count).